The van der Waals surface area contributed by atoms with E-state index in [9.17, 15) is 48.6 Å². The van der Waals surface area contributed by atoms with Gasteiger partial charge in [-0.05, 0) is 33.2 Å². The van der Waals surface area contributed by atoms with E-state index in [0.717, 1.165) is 0 Å². The molecule has 0 spiro atoms. The van der Waals surface area contributed by atoms with Crippen molar-refractivity contribution in [2.45, 2.75) is 105 Å². The Morgan fingerprint density at radius 1 is 1.05 bits per heavy atom. The zero-order chi connectivity index (χ0) is 33.0. The van der Waals surface area contributed by atoms with Gasteiger partial charge in [-0.15, -0.1) is 0 Å². The molecule has 0 saturated carbocycles. The quantitative estimate of drug-likeness (QED) is 0.0382. The number of halogens is 9. The van der Waals surface area contributed by atoms with Crippen LogP contribution in [0.15, 0.2) is 0 Å². The topological polar surface area (TPSA) is 119 Å². The molecule has 1 aliphatic rings. The Morgan fingerprint density at radius 3 is 2.10 bits per heavy atom. The van der Waals surface area contributed by atoms with Crippen molar-refractivity contribution >= 4 is 40.8 Å². The smallest absolute Gasteiger partial charge is 0.366 e. The van der Waals surface area contributed by atoms with E-state index >= 15 is 0 Å². The third-order valence-electron chi connectivity index (χ3n) is 5.42. The molecule has 10 nitrogen and oxygen atoms in total. The standard InChI is InChI=1S/C21H35F8IO10SSi/c1-7-34-12-36-14(13-8-9-37-17(2,3)38-13)15(16(31)35-10-11-42(4,5)6)39-41(32,33)21(28,29)20(26,27)40-19(24,25)18(22,23)30/h13-16,31H,7-12H2,1-6H3/t13-,14+,15?,16+/m1/s1. The fourth-order valence-electron chi connectivity index (χ4n) is 3.21. The molecule has 0 radical (unpaired) electrons. The van der Waals surface area contributed by atoms with E-state index in [0.29, 0.717) is 6.04 Å². The van der Waals surface area contributed by atoms with Crippen molar-refractivity contribution in [3.63, 3.8) is 0 Å². The largest absolute Gasteiger partial charge is 0.460 e. The highest BCUT2D eigenvalue weighted by Gasteiger charge is 2.74. The molecule has 4 atom stereocenters. The molecule has 1 rings (SSSR count). The summed E-state index contributed by atoms with van der Waals surface area (Å²) < 4.78 is 164. The van der Waals surface area contributed by atoms with E-state index in [1.807, 2.05) is 19.6 Å². The third kappa shape index (κ3) is 11.1. The van der Waals surface area contributed by atoms with E-state index in [-0.39, 0.29) is 48.8 Å². The van der Waals surface area contributed by atoms with Gasteiger partial charge in [-0.25, -0.2) is 4.74 Å². The SMILES string of the molecule is CCOCO[C@H](C(OS(=O)(=O)C(F)(F)C(F)(F)OC(F)(F)C(F)(F)I)[C@@H](O)OCC[Si](C)(C)C)[C@H]1CCOC(C)(C)O1. The number of rotatable bonds is 18. The van der Waals surface area contributed by atoms with Crippen molar-refractivity contribution in [3.8, 4) is 0 Å². The predicted octanol–water partition coefficient (Wildman–Crippen LogP) is 5.12. The molecule has 1 heterocycles. The average Bonchev–Trinajstić information content (AvgIpc) is 2.77. The molecule has 0 bridgehead atoms. The summed E-state index contributed by atoms with van der Waals surface area (Å²) in [5, 5.41) is 4.02. The van der Waals surface area contributed by atoms with Crippen molar-refractivity contribution in [2.24, 2.45) is 0 Å². The second-order valence-electron chi connectivity index (χ2n) is 10.7. The number of hydrogen-bond acceptors (Lipinski definition) is 10. The summed E-state index contributed by atoms with van der Waals surface area (Å²) in [7, 11) is -8.96. The van der Waals surface area contributed by atoms with Gasteiger partial charge in [0.15, 0.2) is 18.2 Å². The first kappa shape index (κ1) is 40.0. The lowest BCUT2D eigenvalue weighted by atomic mass is 10.0. The van der Waals surface area contributed by atoms with Crippen molar-refractivity contribution in [3.05, 3.63) is 0 Å². The molecule has 1 saturated heterocycles. The minimum atomic E-state index is -7.10. The number of aliphatic hydroxyl groups is 1. The molecule has 1 fully saturated rings. The lowest BCUT2D eigenvalue weighted by Gasteiger charge is -2.42. The Morgan fingerprint density at radius 2 is 1.62 bits per heavy atom. The normalized spacial score (nSPS) is 21.7. The monoisotopic (exact) mass is 786 g/mol. The minimum absolute atomic E-state index is 0.0310. The maximum Gasteiger partial charge on any atom is 0.460 e. The zero-order valence-corrected chi connectivity index (χ0v) is 27.5. The van der Waals surface area contributed by atoms with E-state index < -0.39 is 76.8 Å². The van der Waals surface area contributed by atoms with Gasteiger partial charge in [0.2, 0.25) is 0 Å². The van der Waals surface area contributed by atoms with Gasteiger partial charge in [-0.3, -0.25) is 4.18 Å². The van der Waals surface area contributed by atoms with Gasteiger partial charge in [-0.2, -0.15) is 43.5 Å². The first-order valence-electron chi connectivity index (χ1n) is 12.3. The van der Waals surface area contributed by atoms with Crippen molar-refractivity contribution in [1.29, 1.82) is 0 Å². The molecule has 0 amide bonds. The number of alkyl halides is 9. The summed E-state index contributed by atoms with van der Waals surface area (Å²) in [5.41, 5.74) is 0. The first-order valence-corrected chi connectivity index (χ1v) is 18.5. The zero-order valence-electron chi connectivity index (χ0n) is 23.5. The molecule has 0 aromatic carbocycles. The van der Waals surface area contributed by atoms with Gasteiger partial charge < -0.3 is 28.8 Å². The molecule has 1 unspecified atom stereocenters. The van der Waals surface area contributed by atoms with Crippen LogP contribution in [0.1, 0.15) is 27.2 Å². The van der Waals surface area contributed by atoms with Crippen molar-refractivity contribution in [2.75, 3.05) is 26.6 Å². The van der Waals surface area contributed by atoms with Crippen LogP contribution in [0.4, 0.5) is 35.1 Å². The summed E-state index contributed by atoms with van der Waals surface area (Å²) in [6.07, 6.45) is -21.4. The molecule has 0 aromatic heterocycles. The summed E-state index contributed by atoms with van der Waals surface area (Å²) in [6.45, 7) is 9.06. The number of aliphatic hydroxyl groups excluding tert-OH is 1. The second-order valence-corrected chi connectivity index (χ2v) is 19.3. The van der Waals surface area contributed by atoms with Crippen LogP contribution in [0, 0.1) is 0 Å². The van der Waals surface area contributed by atoms with Gasteiger partial charge >= 0.3 is 31.5 Å². The summed E-state index contributed by atoms with van der Waals surface area (Å²) >= 11 is -0.359. The fraction of sp³-hybridized carbons (Fsp3) is 1.00. The molecule has 252 valence electrons. The summed E-state index contributed by atoms with van der Waals surface area (Å²) in [4.78, 5) is 0. The molecule has 21 heteroatoms. The average molecular weight is 787 g/mol. The van der Waals surface area contributed by atoms with Crippen LogP contribution in [0.25, 0.3) is 0 Å². The maximum atomic E-state index is 14.7. The molecule has 1 N–H and O–H groups in total. The second kappa shape index (κ2) is 14.6. The summed E-state index contributed by atoms with van der Waals surface area (Å²) in [5.74, 6) is -1.37. The van der Waals surface area contributed by atoms with Crippen LogP contribution in [-0.4, -0.2) is 100 Å². The Bertz CT molecular complexity index is 966. The molecule has 0 aliphatic carbocycles. The maximum absolute atomic E-state index is 14.7. The Balaban J connectivity index is 3.53. The number of hydrogen-bond donors (Lipinski definition) is 1. The third-order valence-corrected chi connectivity index (χ3v) is 9.10. The highest BCUT2D eigenvalue weighted by Crippen LogP contribution is 2.49. The van der Waals surface area contributed by atoms with E-state index in [1.54, 1.807) is 0 Å². The predicted molar refractivity (Wildman–Crippen MR) is 140 cm³/mol. The Hall–Kier alpha value is 0.0169. The molecule has 0 aromatic rings. The van der Waals surface area contributed by atoms with E-state index in [1.165, 1.54) is 20.8 Å². The van der Waals surface area contributed by atoms with Crippen LogP contribution < -0.4 is 0 Å². The van der Waals surface area contributed by atoms with E-state index in [2.05, 4.69) is 8.92 Å². The van der Waals surface area contributed by atoms with Crippen molar-refractivity contribution in [1.82, 2.24) is 0 Å². The Labute approximate surface area is 252 Å². The van der Waals surface area contributed by atoms with Gasteiger partial charge in [0, 0.05) is 43.9 Å². The highest BCUT2D eigenvalue weighted by molar-refractivity contribution is 14.1. The van der Waals surface area contributed by atoms with Crippen LogP contribution >= 0.6 is 22.6 Å². The first-order chi connectivity index (χ1) is 18.7. The molecule has 42 heavy (non-hydrogen) atoms. The highest BCUT2D eigenvalue weighted by atomic mass is 127. The van der Waals surface area contributed by atoms with Gasteiger partial charge in [0.05, 0.1) is 12.7 Å². The van der Waals surface area contributed by atoms with Crippen molar-refractivity contribution < 1.29 is 81.3 Å². The minimum Gasteiger partial charge on any atom is -0.366 e. The fourth-order valence-corrected chi connectivity index (χ4v) is 5.00. The van der Waals surface area contributed by atoms with Crippen LogP contribution in [0.3, 0.4) is 0 Å². The van der Waals surface area contributed by atoms with Gasteiger partial charge in [0.25, 0.3) is 0 Å². The van der Waals surface area contributed by atoms with Crippen LogP contribution in [0.5, 0.6) is 0 Å². The van der Waals surface area contributed by atoms with Gasteiger partial charge in [0.1, 0.15) is 12.9 Å². The van der Waals surface area contributed by atoms with Crippen LogP contribution in [0.2, 0.25) is 25.7 Å². The lowest BCUT2D eigenvalue weighted by molar-refractivity contribution is -0.439. The molecule has 1 aliphatic heterocycles. The number of ether oxygens (including phenoxy) is 6. The lowest BCUT2D eigenvalue weighted by Crippen LogP contribution is -2.58. The molecular weight excluding hydrogens is 751 g/mol. The summed E-state index contributed by atoms with van der Waals surface area (Å²) in [6, 6.07) is 0.344. The van der Waals surface area contributed by atoms with Gasteiger partial charge in [-0.1, -0.05) is 19.6 Å². The van der Waals surface area contributed by atoms with E-state index in [4.69, 9.17) is 23.7 Å². The van der Waals surface area contributed by atoms with Crippen LogP contribution in [-0.2, 0) is 42.7 Å². The Kier molecular flexibility index (Phi) is 13.9. The molecular formula is C21H35F8IO10SSi.